The van der Waals surface area contributed by atoms with Gasteiger partial charge in [0.25, 0.3) is 10.0 Å². The van der Waals surface area contributed by atoms with Crippen molar-refractivity contribution in [1.82, 2.24) is 9.97 Å². The van der Waals surface area contributed by atoms with Crippen molar-refractivity contribution in [2.24, 2.45) is 0 Å². The molecule has 0 amide bonds. The summed E-state index contributed by atoms with van der Waals surface area (Å²) in [6, 6.07) is 26.9. The summed E-state index contributed by atoms with van der Waals surface area (Å²) in [6.07, 6.45) is 0. The fourth-order valence-electron chi connectivity index (χ4n) is 3.72. The summed E-state index contributed by atoms with van der Waals surface area (Å²) in [6.45, 7) is 3.10. The molecule has 0 unspecified atom stereocenters. The van der Waals surface area contributed by atoms with Crippen LogP contribution in [0.1, 0.15) is 0 Å². The first-order chi connectivity index (χ1) is 17.1. The summed E-state index contributed by atoms with van der Waals surface area (Å²) in [7, 11) is -3.87. The molecule has 1 aromatic heterocycles. The van der Waals surface area contributed by atoms with E-state index in [-0.39, 0.29) is 16.7 Å². The van der Waals surface area contributed by atoms with Gasteiger partial charge in [-0.3, -0.25) is 0 Å². The van der Waals surface area contributed by atoms with Gasteiger partial charge >= 0.3 is 0 Å². The number of rotatable bonds is 7. The number of nitrogens with zero attached hydrogens (tertiary/aromatic N) is 3. The molecule has 0 atom stereocenters. The Labute approximate surface area is 204 Å². The minimum atomic E-state index is -3.87. The number of hydrogen-bond donors (Lipinski definition) is 1. The normalized spacial score (nSPS) is 13.9. The molecule has 0 spiro atoms. The molecule has 0 saturated carbocycles. The Bertz CT molecular complexity index is 1380. The van der Waals surface area contributed by atoms with Crippen molar-refractivity contribution in [3.63, 3.8) is 0 Å². The van der Waals surface area contributed by atoms with Crippen molar-refractivity contribution in [2.75, 3.05) is 35.9 Å². The molecule has 1 fully saturated rings. The van der Waals surface area contributed by atoms with E-state index in [1.807, 2.05) is 42.5 Å². The van der Waals surface area contributed by atoms with Crippen molar-refractivity contribution in [2.45, 2.75) is 4.90 Å². The molecule has 3 aromatic carbocycles. The summed E-state index contributed by atoms with van der Waals surface area (Å²) in [5.74, 6) is 0.732. The predicted molar refractivity (Wildman–Crippen MR) is 134 cm³/mol. The Hall–Kier alpha value is -3.95. The molecule has 178 valence electrons. The van der Waals surface area contributed by atoms with E-state index in [0.717, 1.165) is 24.3 Å². The molecule has 1 aliphatic heterocycles. The number of nitrogens with one attached hydrogen (secondary N) is 1. The molecule has 5 rings (SSSR count). The topological polar surface area (TPSA) is 93.7 Å². The van der Waals surface area contributed by atoms with Gasteiger partial charge in [-0.15, -0.1) is 0 Å². The highest BCUT2D eigenvalue weighted by Crippen LogP contribution is 2.28. The average Bonchev–Trinajstić information content (AvgIpc) is 2.90. The molecule has 9 heteroatoms. The minimum Gasteiger partial charge on any atom is -0.439 e. The average molecular weight is 489 g/mol. The molecule has 0 aliphatic carbocycles. The number of para-hydroxylation sites is 1. The highest BCUT2D eigenvalue weighted by atomic mass is 32.2. The number of ether oxygens (including phenoxy) is 2. The van der Waals surface area contributed by atoms with Crippen LogP contribution in [0.3, 0.4) is 0 Å². The molecule has 2 heterocycles. The highest BCUT2D eigenvalue weighted by molar-refractivity contribution is 7.92. The van der Waals surface area contributed by atoms with Gasteiger partial charge in [0.2, 0.25) is 11.8 Å². The molecule has 1 saturated heterocycles. The molecule has 4 aromatic rings. The van der Waals surface area contributed by atoms with Crippen molar-refractivity contribution >= 4 is 21.7 Å². The van der Waals surface area contributed by atoms with Crippen LogP contribution in [0.5, 0.6) is 11.6 Å². The first-order valence-electron chi connectivity index (χ1n) is 11.2. The summed E-state index contributed by atoms with van der Waals surface area (Å²) in [5, 5.41) is 0. The Kier molecular flexibility index (Phi) is 6.60. The van der Waals surface area contributed by atoms with E-state index in [1.165, 1.54) is 12.1 Å². The predicted octanol–water partition coefficient (Wildman–Crippen LogP) is 4.57. The van der Waals surface area contributed by atoms with Gasteiger partial charge in [-0.2, -0.15) is 4.98 Å². The molecule has 8 nitrogen and oxygen atoms in total. The van der Waals surface area contributed by atoms with Gasteiger partial charge < -0.3 is 14.4 Å². The monoisotopic (exact) mass is 488 g/mol. The second-order valence-corrected chi connectivity index (χ2v) is 9.58. The number of sulfonamides is 1. The van der Waals surface area contributed by atoms with Gasteiger partial charge in [0, 0.05) is 30.4 Å². The summed E-state index contributed by atoms with van der Waals surface area (Å²) in [4.78, 5) is 11.2. The first-order valence-corrected chi connectivity index (χ1v) is 12.7. The van der Waals surface area contributed by atoms with E-state index in [0.29, 0.717) is 24.7 Å². The second kappa shape index (κ2) is 10.1. The molecule has 0 bridgehead atoms. The third-order valence-electron chi connectivity index (χ3n) is 5.49. The summed E-state index contributed by atoms with van der Waals surface area (Å²) in [5.41, 5.74) is 2.43. The number of aromatic nitrogens is 2. The number of benzene rings is 3. The van der Waals surface area contributed by atoms with E-state index >= 15 is 0 Å². The number of morpholine rings is 1. The zero-order valence-corrected chi connectivity index (χ0v) is 19.7. The molecule has 35 heavy (non-hydrogen) atoms. The third-order valence-corrected chi connectivity index (χ3v) is 6.83. The molecule has 0 radical (unpaired) electrons. The van der Waals surface area contributed by atoms with Gasteiger partial charge in [-0.05, 0) is 36.4 Å². The van der Waals surface area contributed by atoms with E-state index in [2.05, 4.69) is 19.6 Å². The van der Waals surface area contributed by atoms with E-state index in [4.69, 9.17) is 9.47 Å². The Balaban J connectivity index is 1.48. The van der Waals surface area contributed by atoms with Gasteiger partial charge in [-0.1, -0.05) is 48.5 Å². The number of hydrogen-bond acceptors (Lipinski definition) is 7. The van der Waals surface area contributed by atoms with Gasteiger partial charge in [0.05, 0.1) is 23.8 Å². The van der Waals surface area contributed by atoms with Crippen molar-refractivity contribution in [1.29, 1.82) is 0 Å². The molecular weight excluding hydrogens is 464 g/mol. The molecule has 1 aliphatic rings. The van der Waals surface area contributed by atoms with E-state index in [1.54, 1.807) is 36.4 Å². The van der Waals surface area contributed by atoms with Crippen LogP contribution in [0.4, 0.5) is 11.6 Å². The van der Waals surface area contributed by atoms with Crippen LogP contribution in [0.25, 0.3) is 11.3 Å². The van der Waals surface area contributed by atoms with Crippen LogP contribution in [-0.4, -0.2) is 44.7 Å². The van der Waals surface area contributed by atoms with Gasteiger partial charge in [0.15, 0.2) is 0 Å². The molecule has 1 N–H and O–H groups in total. The van der Waals surface area contributed by atoms with Crippen LogP contribution in [0.2, 0.25) is 0 Å². The molecular formula is C26H24N4O4S. The van der Waals surface area contributed by atoms with Gasteiger partial charge in [0.1, 0.15) is 5.75 Å². The van der Waals surface area contributed by atoms with Crippen LogP contribution in [0, 0.1) is 0 Å². The lowest BCUT2D eigenvalue weighted by Gasteiger charge is -2.28. The first kappa shape index (κ1) is 22.8. The zero-order chi connectivity index (χ0) is 24.1. The van der Waals surface area contributed by atoms with Crippen LogP contribution in [-0.2, 0) is 14.8 Å². The van der Waals surface area contributed by atoms with Crippen LogP contribution >= 0.6 is 0 Å². The largest absolute Gasteiger partial charge is 0.439 e. The fraction of sp³-hybridized carbons (Fsp3) is 0.154. The lowest BCUT2D eigenvalue weighted by atomic mass is 10.1. The SMILES string of the molecule is O=S(=O)(Nc1nc(Oc2ccccc2)cc(-c2ccc(N3CCOCC3)cc2)n1)c1ccccc1. The second-order valence-electron chi connectivity index (χ2n) is 7.89. The fourth-order valence-corrected chi connectivity index (χ4v) is 4.69. The van der Waals surface area contributed by atoms with Crippen LogP contribution in [0.15, 0.2) is 95.9 Å². The Morgan fingerprint density at radius 3 is 2.17 bits per heavy atom. The maximum Gasteiger partial charge on any atom is 0.264 e. The quantitative estimate of drug-likeness (QED) is 0.407. The van der Waals surface area contributed by atoms with Crippen LogP contribution < -0.4 is 14.4 Å². The van der Waals surface area contributed by atoms with Gasteiger partial charge in [-0.25, -0.2) is 18.1 Å². The highest BCUT2D eigenvalue weighted by Gasteiger charge is 2.18. The summed E-state index contributed by atoms with van der Waals surface area (Å²) >= 11 is 0. The lowest BCUT2D eigenvalue weighted by Crippen LogP contribution is -2.36. The minimum absolute atomic E-state index is 0.0745. The summed E-state index contributed by atoms with van der Waals surface area (Å²) < 4.78 is 39.6. The Morgan fingerprint density at radius 1 is 0.829 bits per heavy atom. The maximum absolute atomic E-state index is 12.9. The van der Waals surface area contributed by atoms with Crippen molar-refractivity contribution in [3.8, 4) is 22.9 Å². The lowest BCUT2D eigenvalue weighted by molar-refractivity contribution is 0.122. The third kappa shape index (κ3) is 5.59. The smallest absolute Gasteiger partial charge is 0.264 e. The maximum atomic E-state index is 12.9. The van der Waals surface area contributed by atoms with E-state index in [9.17, 15) is 8.42 Å². The standard InChI is InChI=1S/C26H24N4O4S/c31-35(32,23-9-5-2-6-10-23)29-26-27-24(19-25(28-26)34-22-7-3-1-4-8-22)20-11-13-21(14-12-20)30-15-17-33-18-16-30/h1-14,19H,15-18H2,(H,27,28,29). The van der Waals surface area contributed by atoms with Crippen molar-refractivity contribution in [3.05, 3.63) is 91.0 Å². The Morgan fingerprint density at radius 2 is 1.49 bits per heavy atom. The number of anilines is 2. The van der Waals surface area contributed by atoms with E-state index < -0.39 is 10.0 Å². The van der Waals surface area contributed by atoms with Crippen molar-refractivity contribution < 1.29 is 17.9 Å². The zero-order valence-electron chi connectivity index (χ0n) is 18.9.